The van der Waals surface area contributed by atoms with Gasteiger partial charge in [-0.05, 0) is 13.8 Å². The zero-order valence-corrected chi connectivity index (χ0v) is 7.71. The van der Waals surface area contributed by atoms with Gasteiger partial charge in [0.15, 0.2) is 0 Å². The summed E-state index contributed by atoms with van der Waals surface area (Å²) in [5.74, 6) is -0.376. The van der Waals surface area contributed by atoms with Gasteiger partial charge in [0.05, 0.1) is 12.7 Å². The van der Waals surface area contributed by atoms with E-state index in [4.69, 9.17) is 9.47 Å². The number of hydrogen-bond donors (Lipinski definition) is 0. The van der Waals surface area contributed by atoms with Gasteiger partial charge in [-0.25, -0.2) is 4.79 Å². The molecular formula is C9H16O3. The van der Waals surface area contributed by atoms with E-state index in [2.05, 4.69) is 6.58 Å². The minimum Gasteiger partial charge on any atom is -0.462 e. The van der Waals surface area contributed by atoms with E-state index in [0.29, 0.717) is 13.2 Å². The normalized spacial score (nSPS) is 12.2. The molecule has 0 aromatic heterocycles. The molecule has 0 aromatic rings. The van der Waals surface area contributed by atoms with E-state index < -0.39 is 0 Å². The van der Waals surface area contributed by atoms with Crippen LogP contribution in [0.5, 0.6) is 0 Å². The Bertz CT molecular complexity index is 143. The van der Waals surface area contributed by atoms with Crippen molar-refractivity contribution in [3.05, 3.63) is 12.7 Å². The van der Waals surface area contributed by atoms with Crippen molar-refractivity contribution < 1.29 is 14.3 Å². The summed E-state index contributed by atoms with van der Waals surface area (Å²) in [7, 11) is 0. The molecule has 0 rings (SSSR count). The molecule has 0 spiro atoms. The Morgan fingerprint density at radius 1 is 1.67 bits per heavy atom. The molecule has 1 unspecified atom stereocenters. The Hall–Kier alpha value is -0.830. The molecule has 0 aromatic carbocycles. The fourth-order valence-electron chi connectivity index (χ4n) is 0.752. The monoisotopic (exact) mass is 172 g/mol. The second-order valence-electron chi connectivity index (χ2n) is 2.43. The third-order valence-electron chi connectivity index (χ3n) is 1.39. The topological polar surface area (TPSA) is 35.5 Å². The van der Waals surface area contributed by atoms with Gasteiger partial charge in [-0.3, -0.25) is 0 Å². The highest BCUT2D eigenvalue weighted by atomic mass is 16.5. The van der Waals surface area contributed by atoms with Crippen molar-refractivity contribution in [1.29, 1.82) is 0 Å². The quantitative estimate of drug-likeness (QED) is 0.450. The van der Waals surface area contributed by atoms with Gasteiger partial charge in [-0.15, -0.1) is 0 Å². The van der Waals surface area contributed by atoms with Crippen molar-refractivity contribution in [2.45, 2.75) is 26.4 Å². The number of hydrogen-bond acceptors (Lipinski definition) is 3. The molecule has 0 amide bonds. The third-order valence-corrected chi connectivity index (χ3v) is 1.39. The molecule has 0 aliphatic heterocycles. The van der Waals surface area contributed by atoms with Crippen LogP contribution in [0.25, 0.3) is 0 Å². The van der Waals surface area contributed by atoms with Crippen LogP contribution in [-0.4, -0.2) is 25.3 Å². The molecule has 3 nitrogen and oxygen atoms in total. The second kappa shape index (κ2) is 6.85. The van der Waals surface area contributed by atoms with E-state index in [1.165, 1.54) is 0 Å². The van der Waals surface area contributed by atoms with Gasteiger partial charge in [0.2, 0.25) is 0 Å². The van der Waals surface area contributed by atoms with Crippen LogP contribution in [-0.2, 0) is 14.3 Å². The molecule has 0 aliphatic carbocycles. The van der Waals surface area contributed by atoms with Crippen LogP contribution < -0.4 is 0 Å². The highest BCUT2D eigenvalue weighted by molar-refractivity contribution is 5.81. The Balaban J connectivity index is 3.30. The van der Waals surface area contributed by atoms with Crippen molar-refractivity contribution in [2.24, 2.45) is 0 Å². The minimum atomic E-state index is -0.376. The van der Waals surface area contributed by atoms with Gasteiger partial charge in [0.25, 0.3) is 0 Å². The first-order valence-corrected chi connectivity index (χ1v) is 4.11. The largest absolute Gasteiger partial charge is 0.462 e. The molecule has 0 saturated carbocycles. The number of carbonyl (C=O) groups is 1. The highest BCUT2D eigenvalue weighted by Crippen LogP contribution is 1.97. The molecular weight excluding hydrogens is 156 g/mol. The first kappa shape index (κ1) is 11.2. The standard InChI is InChI=1S/C9H16O3/c1-4-9(10)12-7-6-8(3)11-5-2/h4,8H,1,5-7H2,2-3H3. The van der Waals surface area contributed by atoms with E-state index in [1.54, 1.807) is 0 Å². The lowest BCUT2D eigenvalue weighted by Crippen LogP contribution is -2.12. The van der Waals surface area contributed by atoms with Gasteiger partial charge < -0.3 is 9.47 Å². The van der Waals surface area contributed by atoms with Gasteiger partial charge >= 0.3 is 5.97 Å². The van der Waals surface area contributed by atoms with Crippen LogP contribution in [0.4, 0.5) is 0 Å². The van der Waals surface area contributed by atoms with Gasteiger partial charge in [-0.2, -0.15) is 0 Å². The van der Waals surface area contributed by atoms with Gasteiger partial charge in [-0.1, -0.05) is 6.58 Å². The zero-order valence-electron chi connectivity index (χ0n) is 7.71. The fourth-order valence-corrected chi connectivity index (χ4v) is 0.752. The summed E-state index contributed by atoms with van der Waals surface area (Å²) in [4.78, 5) is 10.6. The minimum absolute atomic E-state index is 0.146. The average molecular weight is 172 g/mol. The number of esters is 1. The third kappa shape index (κ3) is 5.92. The maximum atomic E-state index is 10.6. The SMILES string of the molecule is C=CC(=O)OCCC(C)OCC. The van der Waals surface area contributed by atoms with Gasteiger partial charge in [0.1, 0.15) is 0 Å². The zero-order chi connectivity index (χ0) is 9.40. The van der Waals surface area contributed by atoms with Crippen molar-refractivity contribution in [3.63, 3.8) is 0 Å². The molecule has 0 saturated heterocycles. The molecule has 0 bridgehead atoms. The number of rotatable bonds is 6. The molecule has 70 valence electrons. The molecule has 0 aliphatic rings. The predicted octanol–water partition coefficient (Wildman–Crippen LogP) is 1.53. The predicted molar refractivity (Wildman–Crippen MR) is 46.9 cm³/mol. The Morgan fingerprint density at radius 2 is 2.33 bits per heavy atom. The van der Waals surface area contributed by atoms with Crippen LogP contribution in [0.1, 0.15) is 20.3 Å². The van der Waals surface area contributed by atoms with Crippen LogP contribution in [0.15, 0.2) is 12.7 Å². The molecule has 12 heavy (non-hydrogen) atoms. The number of carbonyl (C=O) groups excluding carboxylic acids is 1. The second-order valence-corrected chi connectivity index (χ2v) is 2.43. The Kier molecular flexibility index (Phi) is 6.38. The van der Waals surface area contributed by atoms with Crippen molar-refractivity contribution in [2.75, 3.05) is 13.2 Å². The lowest BCUT2D eigenvalue weighted by Gasteiger charge is -2.10. The molecule has 3 heteroatoms. The van der Waals surface area contributed by atoms with E-state index in [0.717, 1.165) is 12.5 Å². The van der Waals surface area contributed by atoms with Gasteiger partial charge in [0, 0.05) is 19.1 Å². The highest BCUT2D eigenvalue weighted by Gasteiger charge is 2.01. The maximum Gasteiger partial charge on any atom is 0.330 e. The number of ether oxygens (including phenoxy) is 2. The summed E-state index contributed by atoms with van der Waals surface area (Å²) in [6.07, 6.45) is 2.03. The first-order chi connectivity index (χ1) is 5.70. The van der Waals surface area contributed by atoms with E-state index in [-0.39, 0.29) is 12.1 Å². The van der Waals surface area contributed by atoms with Crippen molar-refractivity contribution in [1.82, 2.24) is 0 Å². The van der Waals surface area contributed by atoms with Crippen LogP contribution >= 0.6 is 0 Å². The molecule has 0 fully saturated rings. The lowest BCUT2D eigenvalue weighted by molar-refractivity contribution is -0.138. The Labute approximate surface area is 73.4 Å². The van der Waals surface area contributed by atoms with Crippen LogP contribution in [0.2, 0.25) is 0 Å². The summed E-state index contributed by atoms with van der Waals surface area (Å²) >= 11 is 0. The van der Waals surface area contributed by atoms with E-state index >= 15 is 0 Å². The summed E-state index contributed by atoms with van der Waals surface area (Å²) in [5, 5.41) is 0. The first-order valence-electron chi connectivity index (χ1n) is 4.11. The summed E-state index contributed by atoms with van der Waals surface area (Å²) in [5.41, 5.74) is 0. The lowest BCUT2D eigenvalue weighted by atomic mass is 10.3. The van der Waals surface area contributed by atoms with Crippen molar-refractivity contribution in [3.8, 4) is 0 Å². The van der Waals surface area contributed by atoms with E-state index in [1.807, 2.05) is 13.8 Å². The summed E-state index contributed by atoms with van der Waals surface area (Å²) in [6.45, 7) is 8.26. The molecule has 0 radical (unpaired) electrons. The fraction of sp³-hybridized carbons (Fsp3) is 0.667. The molecule has 0 heterocycles. The summed E-state index contributed by atoms with van der Waals surface area (Å²) in [6, 6.07) is 0. The molecule has 1 atom stereocenters. The van der Waals surface area contributed by atoms with Crippen molar-refractivity contribution >= 4 is 5.97 Å². The maximum absolute atomic E-state index is 10.6. The van der Waals surface area contributed by atoms with Crippen LogP contribution in [0.3, 0.4) is 0 Å². The average Bonchev–Trinajstić information content (AvgIpc) is 2.04. The van der Waals surface area contributed by atoms with E-state index in [9.17, 15) is 4.79 Å². The van der Waals surface area contributed by atoms with Crippen LogP contribution in [0, 0.1) is 0 Å². The Morgan fingerprint density at radius 3 is 2.83 bits per heavy atom. The summed E-state index contributed by atoms with van der Waals surface area (Å²) < 4.78 is 10.0. The smallest absolute Gasteiger partial charge is 0.330 e. The molecule has 0 N–H and O–H groups in total.